The SMILES string of the molecule is CCCNCC(CCCS(C)(=O)=O)Cc1cccc(F)c1. The van der Waals surface area contributed by atoms with E-state index in [9.17, 15) is 12.8 Å². The van der Waals surface area contributed by atoms with Crippen LogP contribution in [0.1, 0.15) is 31.7 Å². The summed E-state index contributed by atoms with van der Waals surface area (Å²) in [6, 6.07) is 6.64. The minimum absolute atomic E-state index is 0.219. The van der Waals surface area contributed by atoms with Gasteiger partial charge in [0.05, 0.1) is 0 Å². The second-order valence-corrected chi connectivity index (χ2v) is 7.94. The van der Waals surface area contributed by atoms with E-state index in [4.69, 9.17) is 0 Å². The molecule has 0 heterocycles. The number of nitrogens with one attached hydrogen (secondary N) is 1. The summed E-state index contributed by atoms with van der Waals surface area (Å²) in [7, 11) is -2.90. The summed E-state index contributed by atoms with van der Waals surface area (Å²) in [5.41, 5.74) is 0.970. The highest BCUT2D eigenvalue weighted by Crippen LogP contribution is 2.15. The maximum atomic E-state index is 13.2. The molecule has 0 aliphatic rings. The highest BCUT2D eigenvalue weighted by atomic mass is 32.2. The van der Waals surface area contributed by atoms with Crippen LogP contribution in [0, 0.1) is 11.7 Å². The lowest BCUT2D eigenvalue weighted by Gasteiger charge is -2.17. The zero-order valence-corrected chi connectivity index (χ0v) is 13.8. The lowest BCUT2D eigenvalue weighted by molar-refractivity contribution is 0.438. The van der Waals surface area contributed by atoms with E-state index in [-0.39, 0.29) is 11.6 Å². The number of sulfone groups is 1. The molecule has 0 saturated carbocycles. The maximum Gasteiger partial charge on any atom is 0.147 e. The van der Waals surface area contributed by atoms with Gasteiger partial charge in [-0.2, -0.15) is 0 Å². The van der Waals surface area contributed by atoms with Crippen LogP contribution in [-0.4, -0.2) is 33.5 Å². The van der Waals surface area contributed by atoms with Gasteiger partial charge in [0.15, 0.2) is 0 Å². The third-order valence-electron chi connectivity index (χ3n) is 3.40. The van der Waals surface area contributed by atoms with Crippen LogP contribution in [0.5, 0.6) is 0 Å². The van der Waals surface area contributed by atoms with Crippen molar-refractivity contribution in [1.82, 2.24) is 5.32 Å². The predicted molar refractivity (Wildman–Crippen MR) is 85.7 cm³/mol. The molecule has 120 valence electrons. The lowest BCUT2D eigenvalue weighted by Crippen LogP contribution is -2.25. The fourth-order valence-corrected chi connectivity index (χ4v) is 3.08. The minimum Gasteiger partial charge on any atom is -0.316 e. The molecule has 0 aliphatic heterocycles. The molecule has 1 rings (SSSR count). The van der Waals surface area contributed by atoms with E-state index in [2.05, 4.69) is 12.2 Å². The predicted octanol–water partition coefficient (Wildman–Crippen LogP) is 2.81. The van der Waals surface area contributed by atoms with Crippen molar-refractivity contribution >= 4 is 9.84 Å². The van der Waals surface area contributed by atoms with E-state index in [1.54, 1.807) is 12.1 Å². The summed E-state index contributed by atoms with van der Waals surface area (Å²) in [4.78, 5) is 0. The van der Waals surface area contributed by atoms with Crippen molar-refractivity contribution in [3.05, 3.63) is 35.6 Å². The van der Waals surface area contributed by atoms with Crippen molar-refractivity contribution in [1.29, 1.82) is 0 Å². The largest absolute Gasteiger partial charge is 0.316 e. The molecule has 1 aromatic rings. The number of hydrogen-bond donors (Lipinski definition) is 1. The molecule has 5 heteroatoms. The summed E-state index contributed by atoms with van der Waals surface area (Å²) in [6.07, 6.45) is 4.60. The average molecular weight is 315 g/mol. The Bertz CT molecular complexity index is 517. The first-order valence-corrected chi connectivity index (χ1v) is 9.59. The summed E-state index contributed by atoms with van der Waals surface area (Å²) in [6.45, 7) is 3.90. The third-order valence-corrected chi connectivity index (χ3v) is 4.43. The van der Waals surface area contributed by atoms with E-state index < -0.39 is 9.84 Å². The quantitative estimate of drug-likeness (QED) is 0.675. The number of halogens is 1. The van der Waals surface area contributed by atoms with Gasteiger partial charge in [-0.25, -0.2) is 12.8 Å². The molecule has 1 aromatic carbocycles. The standard InChI is InChI=1S/C16H26FNO2S/c1-3-9-18-13-15(7-5-10-21(2,19)20)11-14-6-4-8-16(17)12-14/h4,6,8,12,15,18H,3,5,7,9-11,13H2,1-2H3. The molecule has 0 aromatic heterocycles. The second-order valence-electron chi connectivity index (χ2n) is 5.68. The number of hydrogen-bond acceptors (Lipinski definition) is 3. The van der Waals surface area contributed by atoms with Gasteiger partial charge in [0.25, 0.3) is 0 Å². The van der Waals surface area contributed by atoms with E-state index in [1.807, 2.05) is 6.07 Å². The minimum atomic E-state index is -2.90. The van der Waals surface area contributed by atoms with Gasteiger partial charge in [0, 0.05) is 12.0 Å². The zero-order valence-electron chi connectivity index (χ0n) is 12.9. The Morgan fingerprint density at radius 3 is 2.71 bits per heavy atom. The van der Waals surface area contributed by atoms with Gasteiger partial charge in [-0.05, 0) is 62.4 Å². The summed E-state index contributed by atoms with van der Waals surface area (Å²) in [5.74, 6) is 0.337. The van der Waals surface area contributed by atoms with Crippen LogP contribution in [-0.2, 0) is 16.3 Å². The lowest BCUT2D eigenvalue weighted by atomic mass is 9.95. The van der Waals surface area contributed by atoms with Gasteiger partial charge in [-0.3, -0.25) is 0 Å². The topological polar surface area (TPSA) is 46.2 Å². The fourth-order valence-electron chi connectivity index (χ4n) is 2.39. The number of benzene rings is 1. The smallest absolute Gasteiger partial charge is 0.147 e. The molecule has 0 fully saturated rings. The Kier molecular flexibility index (Phi) is 7.89. The summed E-state index contributed by atoms with van der Waals surface area (Å²) >= 11 is 0. The normalized spacial score (nSPS) is 13.3. The van der Waals surface area contributed by atoms with Crippen LogP contribution >= 0.6 is 0 Å². The molecule has 0 amide bonds. The van der Waals surface area contributed by atoms with Gasteiger partial charge < -0.3 is 5.32 Å². The second kappa shape index (κ2) is 9.15. The first-order valence-electron chi connectivity index (χ1n) is 7.53. The Hall–Kier alpha value is -0.940. The van der Waals surface area contributed by atoms with Gasteiger partial charge in [0.2, 0.25) is 0 Å². The molecule has 0 aliphatic carbocycles. The molecule has 3 nitrogen and oxygen atoms in total. The third kappa shape index (κ3) is 8.83. The molecule has 0 spiro atoms. The van der Waals surface area contributed by atoms with Crippen LogP contribution in [0.2, 0.25) is 0 Å². The Labute approximate surface area is 127 Å². The van der Waals surface area contributed by atoms with Crippen molar-refractivity contribution < 1.29 is 12.8 Å². The molecule has 21 heavy (non-hydrogen) atoms. The van der Waals surface area contributed by atoms with Crippen molar-refractivity contribution in [2.45, 2.75) is 32.6 Å². The first kappa shape index (κ1) is 18.1. The van der Waals surface area contributed by atoms with Crippen LogP contribution in [0.25, 0.3) is 0 Å². The van der Waals surface area contributed by atoms with Gasteiger partial charge in [-0.1, -0.05) is 19.1 Å². The average Bonchev–Trinajstić information content (AvgIpc) is 2.37. The first-order chi connectivity index (χ1) is 9.90. The van der Waals surface area contributed by atoms with Crippen LogP contribution in [0.4, 0.5) is 4.39 Å². The number of rotatable bonds is 10. The van der Waals surface area contributed by atoms with Crippen LogP contribution < -0.4 is 5.32 Å². The Morgan fingerprint density at radius 1 is 1.33 bits per heavy atom. The van der Waals surface area contributed by atoms with Crippen molar-refractivity contribution in [3.8, 4) is 0 Å². The van der Waals surface area contributed by atoms with Gasteiger partial charge >= 0.3 is 0 Å². The monoisotopic (exact) mass is 315 g/mol. The fraction of sp³-hybridized carbons (Fsp3) is 0.625. The summed E-state index contributed by atoms with van der Waals surface area (Å²) in [5, 5.41) is 3.37. The van der Waals surface area contributed by atoms with E-state index >= 15 is 0 Å². The Balaban J connectivity index is 2.54. The highest BCUT2D eigenvalue weighted by Gasteiger charge is 2.12. The van der Waals surface area contributed by atoms with Crippen molar-refractivity contribution in [2.24, 2.45) is 5.92 Å². The molecule has 1 unspecified atom stereocenters. The van der Waals surface area contributed by atoms with Gasteiger partial charge in [-0.15, -0.1) is 0 Å². The molecular formula is C16H26FNO2S. The van der Waals surface area contributed by atoms with Gasteiger partial charge in [0.1, 0.15) is 15.7 Å². The summed E-state index contributed by atoms with van der Waals surface area (Å²) < 4.78 is 35.7. The molecular weight excluding hydrogens is 289 g/mol. The maximum absolute atomic E-state index is 13.2. The van der Waals surface area contributed by atoms with E-state index in [1.165, 1.54) is 12.3 Å². The van der Waals surface area contributed by atoms with Crippen LogP contribution in [0.15, 0.2) is 24.3 Å². The van der Waals surface area contributed by atoms with E-state index in [0.717, 1.165) is 37.9 Å². The molecule has 1 atom stereocenters. The van der Waals surface area contributed by atoms with Crippen LogP contribution in [0.3, 0.4) is 0 Å². The highest BCUT2D eigenvalue weighted by molar-refractivity contribution is 7.90. The van der Waals surface area contributed by atoms with E-state index in [0.29, 0.717) is 12.3 Å². The molecule has 0 saturated heterocycles. The molecule has 1 N–H and O–H groups in total. The molecule has 0 bridgehead atoms. The Morgan fingerprint density at radius 2 is 2.10 bits per heavy atom. The van der Waals surface area contributed by atoms with Crippen molar-refractivity contribution in [2.75, 3.05) is 25.1 Å². The molecule has 0 radical (unpaired) electrons. The van der Waals surface area contributed by atoms with Crippen molar-refractivity contribution in [3.63, 3.8) is 0 Å². The zero-order chi connectivity index (χ0) is 15.7.